The molecule has 0 saturated carbocycles. The van der Waals surface area contributed by atoms with Crippen LogP contribution < -0.4 is 5.73 Å². The molecule has 1 rings (SSSR count). The summed E-state index contributed by atoms with van der Waals surface area (Å²) in [7, 11) is 0. The zero-order valence-electron chi connectivity index (χ0n) is 9.50. The van der Waals surface area contributed by atoms with Gasteiger partial charge in [-0.2, -0.15) is 0 Å². The van der Waals surface area contributed by atoms with Gasteiger partial charge in [-0.25, -0.2) is 8.78 Å². The lowest BCUT2D eigenvalue weighted by Gasteiger charge is -2.31. The Kier molecular flexibility index (Phi) is 3.99. The third kappa shape index (κ3) is 2.77. The summed E-state index contributed by atoms with van der Waals surface area (Å²) < 4.78 is 26.1. The third-order valence-corrected chi connectivity index (χ3v) is 3.08. The first-order valence-corrected chi connectivity index (χ1v) is 5.21. The summed E-state index contributed by atoms with van der Waals surface area (Å²) in [4.78, 5) is 0. The van der Waals surface area contributed by atoms with Gasteiger partial charge in [-0.3, -0.25) is 0 Å². The average molecular weight is 229 g/mol. The maximum atomic E-state index is 13.4. The van der Waals surface area contributed by atoms with Crippen LogP contribution in [-0.2, 0) is 6.42 Å². The molecule has 0 aliphatic rings. The van der Waals surface area contributed by atoms with Gasteiger partial charge in [0.2, 0.25) is 0 Å². The van der Waals surface area contributed by atoms with Crippen LogP contribution in [0.5, 0.6) is 0 Å². The monoisotopic (exact) mass is 229 g/mol. The highest BCUT2D eigenvalue weighted by molar-refractivity contribution is 5.20. The van der Waals surface area contributed by atoms with Crippen molar-refractivity contribution in [2.24, 2.45) is 11.1 Å². The van der Waals surface area contributed by atoms with E-state index < -0.39 is 23.2 Å². The molecule has 0 spiro atoms. The van der Waals surface area contributed by atoms with Gasteiger partial charge >= 0.3 is 0 Å². The maximum Gasteiger partial charge on any atom is 0.129 e. The second-order valence-electron chi connectivity index (χ2n) is 4.45. The van der Waals surface area contributed by atoms with Crippen LogP contribution in [0.1, 0.15) is 19.4 Å². The highest BCUT2D eigenvalue weighted by Crippen LogP contribution is 2.27. The Balaban J connectivity index is 2.95. The van der Waals surface area contributed by atoms with Crippen LogP contribution in [0.25, 0.3) is 0 Å². The van der Waals surface area contributed by atoms with E-state index in [4.69, 9.17) is 5.73 Å². The van der Waals surface area contributed by atoms with E-state index in [0.29, 0.717) is 5.56 Å². The number of aliphatic hydroxyl groups excluding tert-OH is 1. The van der Waals surface area contributed by atoms with Crippen LogP contribution in [0, 0.1) is 17.0 Å². The van der Waals surface area contributed by atoms with E-state index in [1.165, 1.54) is 12.1 Å². The SMILES string of the molecule is CC(O)C(C)(CN)Cc1ccc(F)cc1F. The summed E-state index contributed by atoms with van der Waals surface area (Å²) in [6.07, 6.45) is -0.366. The van der Waals surface area contributed by atoms with E-state index in [2.05, 4.69) is 0 Å². The quantitative estimate of drug-likeness (QED) is 0.827. The van der Waals surface area contributed by atoms with Crippen LogP contribution in [-0.4, -0.2) is 17.8 Å². The fourth-order valence-corrected chi connectivity index (χ4v) is 1.49. The molecule has 1 aromatic rings. The molecule has 0 aromatic heterocycles. The number of hydrogen-bond acceptors (Lipinski definition) is 2. The highest BCUT2D eigenvalue weighted by atomic mass is 19.1. The Morgan fingerprint density at radius 1 is 1.44 bits per heavy atom. The maximum absolute atomic E-state index is 13.4. The van der Waals surface area contributed by atoms with Crippen molar-refractivity contribution in [3.05, 3.63) is 35.4 Å². The molecule has 1 aromatic carbocycles. The summed E-state index contributed by atoms with van der Waals surface area (Å²) in [6.45, 7) is 3.64. The standard InChI is InChI=1S/C12H17F2NO/c1-8(16)12(2,7-15)6-9-3-4-10(13)5-11(9)14/h3-5,8,16H,6-7,15H2,1-2H3. The van der Waals surface area contributed by atoms with E-state index in [1.54, 1.807) is 13.8 Å². The van der Waals surface area contributed by atoms with E-state index in [-0.39, 0.29) is 13.0 Å². The molecule has 2 atom stereocenters. The molecule has 0 aliphatic carbocycles. The highest BCUT2D eigenvalue weighted by Gasteiger charge is 2.29. The smallest absolute Gasteiger partial charge is 0.129 e. The van der Waals surface area contributed by atoms with E-state index in [0.717, 1.165) is 6.07 Å². The van der Waals surface area contributed by atoms with Crippen LogP contribution in [0.3, 0.4) is 0 Å². The largest absolute Gasteiger partial charge is 0.393 e. The van der Waals surface area contributed by atoms with Crippen molar-refractivity contribution in [2.45, 2.75) is 26.4 Å². The minimum Gasteiger partial charge on any atom is -0.393 e. The number of halogens is 2. The molecule has 0 saturated heterocycles. The van der Waals surface area contributed by atoms with Crippen molar-refractivity contribution >= 4 is 0 Å². The molecule has 4 heteroatoms. The zero-order chi connectivity index (χ0) is 12.3. The Labute approximate surface area is 94.1 Å². The lowest BCUT2D eigenvalue weighted by atomic mass is 9.79. The van der Waals surface area contributed by atoms with Gasteiger partial charge in [0.15, 0.2) is 0 Å². The summed E-state index contributed by atoms with van der Waals surface area (Å²) in [6, 6.07) is 3.44. The average Bonchev–Trinajstić information content (AvgIpc) is 2.22. The fraction of sp³-hybridized carbons (Fsp3) is 0.500. The molecule has 0 amide bonds. The first-order valence-electron chi connectivity index (χ1n) is 5.21. The minimum atomic E-state index is -0.651. The van der Waals surface area contributed by atoms with Gasteiger partial charge in [-0.15, -0.1) is 0 Å². The molecule has 16 heavy (non-hydrogen) atoms. The molecule has 2 nitrogen and oxygen atoms in total. The van der Waals surface area contributed by atoms with E-state index in [9.17, 15) is 13.9 Å². The second kappa shape index (κ2) is 4.89. The Bertz CT molecular complexity index is 368. The lowest BCUT2D eigenvalue weighted by molar-refractivity contribution is 0.0583. The molecule has 3 N–H and O–H groups in total. The number of rotatable bonds is 4. The molecular formula is C12H17F2NO. The van der Waals surface area contributed by atoms with E-state index >= 15 is 0 Å². The molecule has 0 radical (unpaired) electrons. The van der Waals surface area contributed by atoms with Crippen LogP contribution >= 0.6 is 0 Å². The van der Waals surface area contributed by atoms with Crippen molar-refractivity contribution in [2.75, 3.05) is 6.54 Å². The predicted molar refractivity (Wildman–Crippen MR) is 58.9 cm³/mol. The van der Waals surface area contributed by atoms with Gasteiger partial charge < -0.3 is 10.8 Å². The second-order valence-corrected chi connectivity index (χ2v) is 4.45. The fourth-order valence-electron chi connectivity index (χ4n) is 1.49. The topological polar surface area (TPSA) is 46.2 Å². The Morgan fingerprint density at radius 2 is 2.06 bits per heavy atom. The molecule has 0 bridgehead atoms. The van der Waals surface area contributed by atoms with Gasteiger partial charge in [-0.05, 0) is 25.0 Å². The predicted octanol–water partition coefficient (Wildman–Crippen LogP) is 1.85. The first-order chi connectivity index (χ1) is 7.39. The van der Waals surface area contributed by atoms with Crippen molar-refractivity contribution in [3.8, 4) is 0 Å². The molecule has 0 aliphatic heterocycles. The number of nitrogens with two attached hydrogens (primary N) is 1. The molecule has 0 fully saturated rings. The number of benzene rings is 1. The van der Waals surface area contributed by atoms with Crippen LogP contribution in [0.2, 0.25) is 0 Å². The first kappa shape index (κ1) is 13.1. The minimum absolute atomic E-state index is 0.238. The zero-order valence-corrected chi connectivity index (χ0v) is 9.50. The van der Waals surface area contributed by atoms with Crippen molar-refractivity contribution < 1.29 is 13.9 Å². The summed E-state index contributed by atoms with van der Waals surface area (Å²) in [5, 5.41) is 9.60. The summed E-state index contributed by atoms with van der Waals surface area (Å²) >= 11 is 0. The van der Waals surface area contributed by atoms with Gasteiger partial charge in [0.1, 0.15) is 11.6 Å². The van der Waals surface area contributed by atoms with Gasteiger partial charge in [0, 0.05) is 18.0 Å². The summed E-state index contributed by atoms with van der Waals surface area (Å²) in [5.74, 6) is -1.20. The number of aliphatic hydroxyl groups is 1. The number of hydrogen-bond donors (Lipinski definition) is 2. The van der Waals surface area contributed by atoms with Gasteiger partial charge in [0.25, 0.3) is 0 Å². The van der Waals surface area contributed by atoms with Crippen molar-refractivity contribution in [1.29, 1.82) is 0 Å². The van der Waals surface area contributed by atoms with Crippen LogP contribution in [0.4, 0.5) is 8.78 Å². The normalized spacial score (nSPS) is 16.9. The molecule has 2 unspecified atom stereocenters. The third-order valence-electron chi connectivity index (χ3n) is 3.08. The van der Waals surface area contributed by atoms with Gasteiger partial charge in [0.05, 0.1) is 6.10 Å². The molecular weight excluding hydrogens is 212 g/mol. The summed E-state index contributed by atoms with van der Waals surface area (Å²) in [5.41, 5.74) is 5.35. The van der Waals surface area contributed by atoms with Crippen molar-refractivity contribution in [3.63, 3.8) is 0 Å². The van der Waals surface area contributed by atoms with E-state index in [1.807, 2.05) is 0 Å². The molecule has 0 heterocycles. The van der Waals surface area contributed by atoms with Gasteiger partial charge in [-0.1, -0.05) is 13.0 Å². The Hall–Kier alpha value is -1.00. The lowest BCUT2D eigenvalue weighted by Crippen LogP contribution is -2.39. The van der Waals surface area contributed by atoms with Crippen LogP contribution in [0.15, 0.2) is 18.2 Å². The van der Waals surface area contributed by atoms with Crippen molar-refractivity contribution in [1.82, 2.24) is 0 Å². The molecule has 90 valence electrons. The Morgan fingerprint density at radius 3 is 2.50 bits per heavy atom.